The highest BCUT2D eigenvalue weighted by molar-refractivity contribution is 7.80. The van der Waals surface area contributed by atoms with E-state index in [4.69, 9.17) is 4.74 Å². The van der Waals surface area contributed by atoms with Crippen LogP contribution in [-0.4, -0.2) is 12.4 Å². The van der Waals surface area contributed by atoms with E-state index in [1.165, 1.54) is 19.3 Å². The van der Waals surface area contributed by atoms with E-state index in [0.717, 1.165) is 41.5 Å². The normalized spacial score (nSPS) is 11.0. The van der Waals surface area contributed by atoms with Crippen molar-refractivity contribution in [3.63, 3.8) is 0 Å². The molecule has 0 heterocycles. The molecule has 3 nitrogen and oxygen atoms in total. The van der Waals surface area contributed by atoms with Gasteiger partial charge in [0.25, 0.3) is 0 Å². The Hall–Kier alpha value is -1.81. The van der Waals surface area contributed by atoms with Crippen molar-refractivity contribution < 1.29 is 4.74 Å². The highest BCUT2D eigenvalue weighted by Gasteiger charge is 2.01. The van der Waals surface area contributed by atoms with E-state index in [1.807, 2.05) is 55.5 Å². The number of aryl methyl sites for hydroxylation is 1. The summed E-state index contributed by atoms with van der Waals surface area (Å²) in [6, 6.07) is 15.7. The second-order valence-corrected chi connectivity index (χ2v) is 5.92. The topological polar surface area (TPSA) is 34.0 Å². The summed E-state index contributed by atoms with van der Waals surface area (Å²) < 4.78 is 5.84. The molecule has 0 radical (unpaired) electrons. The molecule has 122 valence electrons. The molecule has 0 aliphatic carbocycles. The van der Waals surface area contributed by atoms with E-state index in [1.54, 1.807) is 0 Å². The van der Waals surface area contributed by atoms with Crippen LogP contribution in [0.4, 0.5) is 11.4 Å². The maximum atomic E-state index is 5.84. The quantitative estimate of drug-likeness (QED) is 0.328. The number of benzene rings is 2. The summed E-state index contributed by atoms with van der Waals surface area (Å²) in [5, 5.41) is 8.50. The first-order valence-electron chi connectivity index (χ1n) is 8.10. The van der Waals surface area contributed by atoms with Crippen LogP contribution in [0.5, 0.6) is 5.75 Å². The highest BCUT2D eigenvalue weighted by atomic mass is 32.1. The van der Waals surface area contributed by atoms with Crippen molar-refractivity contribution in [3.05, 3.63) is 54.1 Å². The largest absolute Gasteiger partial charge is 0.493 e. The molecule has 0 unspecified atom stereocenters. The first-order chi connectivity index (χ1) is 11.3. The molecule has 0 atom stereocenters. The molecule has 0 bridgehead atoms. The van der Waals surface area contributed by atoms with Crippen molar-refractivity contribution in [2.24, 2.45) is 10.2 Å². The molecule has 0 aromatic heterocycles. The lowest BCUT2D eigenvalue weighted by Gasteiger charge is -2.09. The minimum atomic E-state index is 0.762. The van der Waals surface area contributed by atoms with Gasteiger partial charge in [-0.25, -0.2) is 0 Å². The average molecular weight is 328 g/mol. The summed E-state index contributed by atoms with van der Waals surface area (Å²) >= 11 is 4.22. The first kappa shape index (κ1) is 17.5. The minimum Gasteiger partial charge on any atom is -0.493 e. The Morgan fingerprint density at radius 1 is 0.870 bits per heavy atom. The van der Waals surface area contributed by atoms with Crippen LogP contribution in [-0.2, 0) is 0 Å². The fourth-order valence-electron chi connectivity index (χ4n) is 2.22. The van der Waals surface area contributed by atoms with Gasteiger partial charge in [-0.05, 0) is 61.4 Å². The van der Waals surface area contributed by atoms with E-state index in [2.05, 4.69) is 22.9 Å². The van der Waals surface area contributed by atoms with Crippen molar-refractivity contribution in [1.29, 1.82) is 0 Å². The molecule has 0 amide bonds. The molecule has 0 aliphatic rings. The van der Waals surface area contributed by atoms with Gasteiger partial charge in [-0.2, -0.15) is 22.9 Å². The van der Waals surface area contributed by atoms with Gasteiger partial charge in [0.1, 0.15) is 5.75 Å². The number of hydrogen-bond donors (Lipinski definition) is 1. The molecular formula is C19H24N2OS. The van der Waals surface area contributed by atoms with Crippen LogP contribution >= 0.6 is 12.6 Å². The van der Waals surface area contributed by atoms with Gasteiger partial charge in [0, 0.05) is 0 Å². The van der Waals surface area contributed by atoms with Gasteiger partial charge >= 0.3 is 0 Å². The van der Waals surface area contributed by atoms with Crippen molar-refractivity contribution in [2.45, 2.75) is 32.6 Å². The summed E-state index contributed by atoms with van der Waals surface area (Å²) in [6.07, 6.45) is 4.69. The van der Waals surface area contributed by atoms with Gasteiger partial charge in [0.15, 0.2) is 0 Å². The molecule has 2 aromatic rings. The van der Waals surface area contributed by atoms with Gasteiger partial charge in [-0.15, -0.1) is 0 Å². The summed E-state index contributed by atoms with van der Waals surface area (Å²) in [7, 11) is 0. The molecule has 2 rings (SSSR count). The van der Waals surface area contributed by atoms with E-state index in [-0.39, 0.29) is 0 Å². The van der Waals surface area contributed by atoms with Crippen LogP contribution < -0.4 is 4.74 Å². The van der Waals surface area contributed by atoms with Crippen LogP contribution in [0.15, 0.2) is 58.8 Å². The second kappa shape index (κ2) is 10.1. The molecule has 23 heavy (non-hydrogen) atoms. The third kappa shape index (κ3) is 6.45. The highest BCUT2D eigenvalue weighted by Crippen LogP contribution is 2.25. The molecular weight excluding hydrogens is 304 g/mol. The zero-order valence-corrected chi connectivity index (χ0v) is 14.5. The van der Waals surface area contributed by atoms with Gasteiger partial charge in [-0.1, -0.05) is 31.0 Å². The third-order valence-corrected chi connectivity index (χ3v) is 3.82. The second-order valence-electron chi connectivity index (χ2n) is 5.47. The van der Waals surface area contributed by atoms with E-state index < -0.39 is 0 Å². The smallest absolute Gasteiger partial charge is 0.122 e. The standard InChI is InChI=1S/C19H24N2OS/c1-16-15-18(21-20-17-9-5-4-6-10-17)11-12-19(16)22-13-7-2-3-8-14-23/h4-6,9-12,15,23H,2-3,7-8,13-14H2,1H3. The number of nitrogens with zero attached hydrogens (tertiary/aromatic N) is 2. The Morgan fingerprint density at radius 2 is 1.61 bits per heavy atom. The SMILES string of the molecule is Cc1cc(N=Nc2ccccc2)ccc1OCCCCCCS. The predicted octanol–water partition coefficient (Wildman–Crippen LogP) is 6.28. The number of ether oxygens (including phenoxy) is 1. The van der Waals surface area contributed by atoms with Crippen LogP contribution in [0.25, 0.3) is 0 Å². The maximum absolute atomic E-state index is 5.84. The lowest BCUT2D eigenvalue weighted by Crippen LogP contribution is -1.98. The van der Waals surface area contributed by atoms with Crippen LogP contribution in [0.3, 0.4) is 0 Å². The number of unbranched alkanes of at least 4 members (excludes halogenated alkanes) is 3. The molecule has 4 heteroatoms. The lowest BCUT2D eigenvalue weighted by atomic mass is 10.2. The predicted molar refractivity (Wildman–Crippen MR) is 99.6 cm³/mol. The summed E-state index contributed by atoms with van der Waals surface area (Å²) in [5.41, 5.74) is 2.78. The molecule has 0 N–H and O–H groups in total. The van der Waals surface area contributed by atoms with Gasteiger partial charge < -0.3 is 4.74 Å². The van der Waals surface area contributed by atoms with E-state index in [9.17, 15) is 0 Å². The summed E-state index contributed by atoms with van der Waals surface area (Å²) in [5.74, 6) is 1.90. The molecule has 0 saturated carbocycles. The summed E-state index contributed by atoms with van der Waals surface area (Å²) in [4.78, 5) is 0. The number of hydrogen-bond acceptors (Lipinski definition) is 4. The minimum absolute atomic E-state index is 0.762. The molecule has 0 fully saturated rings. The van der Waals surface area contributed by atoms with Crippen molar-refractivity contribution in [2.75, 3.05) is 12.4 Å². The maximum Gasteiger partial charge on any atom is 0.122 e. The molecule has 0 saturated heterocycles. The fourth-order valence-corrected chi connectivity index (χ4v) is 2.44. The number of thiol groups is 1. The zero-order chi connectivity index (χ0) is 16.3. The van der Waals surface area contributed by atoms with Crippen LogP contribution in [0.1, 0.15) is 31.2 Å². The van der Waals surface area contributed by atoms with Crippen LogP contribution in [0, 0.1) is 6.92 Å². The lowest BCUT2D eigenvalue weighted by molar-refractivity contribution is 0.303. The Kier molecular flexibility index (Phi) is 7.67. The Balaban J connectivity index is 1.84. The van der Waals surface area contributed by atoms with Gasteiger partial charge in [0.05, 0.1) is 18.0 Å². The van der Waals surface area contributed by atoms with Gasteiger partial charge in [-0.3, -0.25) is 0 Å². The van der Waals surface area contributed by atoms with Crippen molar-refractivity contribution in [3.8, 4) is 5.75 Å². The molecule has 0 spiro atoms. The zero-order valence-electron chi connectivity index (χ0n) is 13.6. The average Bonchev–Trinajstić information content (AvgIpc) is 2.58. The number of rotatable bonds is 9. The number of azo groups is 1. The summed E-state index contributed by atoms with van der Waals surface area (Å²) in [6.45, 7) is 2.80. The third-order valence-electron chi connectivity index (χ3n) is 3.51. The van der Waals surface area contributed by atoms with Crippen molar-refractivity contribution in [1.82, 2.24) is 0 Å². The van der Waals surface area contributed by atoms with Crippen LogP contribution in [0.2, 0.25) is 0 Å². The fraction of sp³-hybridized carbons (Fsp3) is 0.368. The molecule has 2 aromatic carbocycles. The monoisotopic (exact) mass is 328 g/mol. The van der Waals surface area contributed by atoms with E-state index >= 15 is 0 Å². The van der Waals surface area contributed by atoms with E-state index in [0.29, 0.717) is 0 Å². The Bertz CT molecular complexity index is 614. The first-order valence-corrected chi connectivity index (χ1v) is 8.74. The van der Waals surface area contributed by atoms with Crippen molar-refractivity contribution >= 4 is 24.0 Å². The van der Waals surface area contributed by atoms with Gasteiger partial charge in [0.2, 0.25) is 0 Å². The molecule has 0 aliphatic heterocycles. The Morgan fingerprint density at radius 3 is 2.35 bits per heavy atom. The Labute approximate surface area is 144 Å².